The van der Waals surface area contributed by atoms with Crippen LogP contribution in [0.4, 0.5) is 17.1 Å². The number of nitrogens with zero attached hydrogens (tertiary/aromatic N) is 1. The molecule has 0 radical (unpaired) electrons. The zero-order valence-electron chi connectivity index (χ0n) is 33.5. The highest BCUT2D eigenvalue weighted by molar-refractivity contribution is 7.29. The van der Waals surface area contributed by atoms with Crippen molar-refractivity contribution in [2.45, 2.75) is 0 Å². The van der Waals surface area contributed by atoms with Gasteiger partial charge in [0.25, 0.3) is 0 Å². The maximum absolute atomic E-state index is 2.44. The molecule has 0 spiro atoms. The highest BCUT2D eigenvalue weighted by Crippen LogP contribution is 2.49. The molecular formula is C58H31NS4. The molecule has 0 amide bonds. The summed E-state index contributed by atoms with van der Waals surface area (Å²) in [5.41, 5.74) is 3.43. The van der Waals surface area contributed by atoms with E-state index in [1.54, 1.807) is 0 Å². The van der Waals surface area contributed by atoms with Gasteiger partial charge in [-0.3, -0.25) is 0 Å². The molecule has 0 aliphatic heterocycles. The van der Waals surface area contributed by atoms with Crippen molar-refractivity contribution in [1.82, 2.24) is 0 Å². The number of thiophene rings is 4. The molecule has 0 saturated carbocycles. The van der Waals surface area contributed by atoms with Gasteiger partial charge in [0, 0.05) is 97.8 Å². The summed E-state index contributed by atoms with van der Waals surface area (Å²) in [6.45, 7) is 0. The molecule has 4 heterocycles. The van der Waals surface area contributed by atoms with Crippen LogP contribution in [0.5, 0.6) is 0 Å². The molecule has 4 aromatic heterocycles. The molecule has 292 valence electrons. The smallest absolute Gasteiger partial charge is 0.0468 e. The topological polar surface area (TPSA) is 3.24 Å². The fourth-order valence-electron chi connectivity index (χ4n) is 10.4. The van der Waals surface area contributed by atoms with E-state index in [4.69, 9.17) is 0 Å². The Morgan fingerprint density at radius 2 is 0.540 bits per heavy atom. The first-order valence-corrected chi connectivity index (χ1v) is 24.6. The van der Waals surface area contributed by atoms with Gasteiger partial charge >= 0.3 is 0 Å². The lowest BCUT2D eigenvalue weighted by Gasteiger charge is -2.26. The number of fused-ring (bicyclic) bond motifs is 18. The summed E-state index contributed by atoms with van der Waals surface area (Å²) in [6, 6.07) is 70.9. The molecule has 5 heteroatoms. The van der Waals surface area contributed by atoms with Crippen LogP contribution in [0.1, 0.15) is 0 Å². The Kier molecular flexibility index (Phi) is 7.08. The minimum absolute atomic E-state index is 1.14. The van der Waals surface area contributed by atoms with Crippen LogP contribution in [-0.2, 0) is 0 Å². The molecule has 0 fully saturated rings. The molecular weight excluding hydrogens is 839 g/mol. The van der Waals surface area contributed by atoms with Crippen molar-refractivity contribution in [2.24, 2.45) is 0 Å². The Labute approximate surface area is 376 Å². The van der Waals surface area contributed by atoms with E-state index in [1.807, 2.05) is 45.3 Å². The third-order valence-electron chi connectivity index (χ3n) is 13.3. The SMILES string of the molecule is c1ccc(N(c2ccc3cc4c(cc3c2)sc2ccc3sc5cc6ccccc6cc5c3c24)c2ccc3cc4c(cc3c2)sc2ccc3sc5cc6ccccc6cc5c3c24)cc1. The van der Waals surface area contributed by atoms with E-state index in [1.165, 1.54) is 124 Å². The monoisotopic (exact) mass is 869 g/mol. The van der Waals surface area contributed by atoms with E-state index < -0.39 is 0 Å². The summed E-state index contributed by atoms with van der Waals surface area (Å²) in [7, 11) is 0. The largest absolute Gasteiger partial charge is 0.310 e. The van der Waals surface area contributed by atoms with Crippen molar-refractivity contribution in [3.05, 3.63) is 188 Å². The molecule has 0 unspecified atom stereocenters. The molecule has 0 bridgehead atoms. The van der Waals surface area contributed by atoms with Crippen LogP contribution in [0, 0.1) is 0 Å². The Balaban J connectivity index is 0.883. The lowest BCUT2D eigenvalue weighted by molar-refractivity contribution is 1.29. The number of hydrogen-bond donors (Lipinski definition) is 0. The molecule has 0 saturated heterocycles. The van der Waals surface area contributed by atoms with Crippen molar-refractivity contribution >= 4 is 186 Å². The highest BCUT2D eigenvalue weighted by Gasteiger charge is 2.19. The third kappa shape index (κ3) is 5.08. The number of para-hydroxylation sites is 1. The summed E-state index contributed by atoms with van der Waals surface area (Å²) in [5, 5.41) is 21.2. The number of hydrogen-bond acceptors (Lipinski definition) is 5. The predicted molar refractivity (Wildman–Crippen MR) is 283 cm³/mol. The quantitative estimate of drug-likeness (QED) is 0.171. The van der Waals surface area contributed by atoms with Gasteiger partial charge < -0.3 is 4.90 Å². The lowest BCUT2D eigenvalue weighted by Crippen LogP contribution is -2.09. The Hall–Kier alpha value is -6.86. The highest BCUT2D eigenvalue weighted by atomic mass is 32.1. The first-order chi connectivity index (χ1) is 31.1. The van der Waals surface area contributed by atoms with Gasteiger partial charge in [-0.25, -0.2) is 0 Å². The zero-order valence-corrected chi connectivity index (χ0v) is 36.7. The van der Waals surface area contributed by atoms with Gasteiger partial charge in [0.2, 0.25) is 0 Å². The Morgan fingerprint density at radius 1 is 0.222 bits per heavy atom. The van der Waals surface area contributed by atoms with Gasteiger partial charge in [-0.15, -0.1) is 45.3 Å². The molecule has 0 aliphatic rings. The van der Waals surface area contributed by atoms with E-state index in [0.29, 0.717) is 0 Å². The van der Waals surface area contributed by atoms with Gasteiger partial charge in [0.15, 0.2) is 0 Å². The van der Waals surface area contributed by atoms with Crippen molar-refractivity contribution < 1.29 is 0 Å². The first kappa shape index (κ1) is 34.7. The predicted octanol–water partition coefficient (Wildman–Crippen LogP) is 19.2. The summed E-state index contributed by atoms with van der Waals surface area (Å²) in [6.07, 6.45) is 0. The molecule has 11 aromatic carbocycles. The molecule has 0 atom stereocenters. The van der Waals surface area contributed by atoms with Crippen LogP contribution < -0.4 is 4.90 Å². The van der Waals surface area contributed by atoms with Crippen LogP contribution in [-0.4, -0.2) is 0 Å². The fourth-order valence-corrected chi connectivity index (χ4v) is 15.0. The van der Waals surface area contributed by atoms with Crippen LogP contribution in [0.3, 0.4) is 0 Å². The third-order valence-corrected chi connectivity index (χ3v) is 17.8. The minimum atomic E-state index is 1.14. The minimum Gasteiger partial charge on any atom is -0.310 e. The number of benzene rings is 11. The normalized spacial score (nSPS) is 12.4. The van der Waals surface area contributed by atoms with Crippen LogP contribution >= 0.6 is 45.3 Å². The molecule has 1 nitrogen and oxygen atoms in total. The van der Waals surface area contributed by atoms with E-state index in [9.17, 15) is 0 Å². The van der Waals surface area contributed by atoms with Crippen LogP contribution in [0.25, 0.3) is 124 Å². The van der Waals surface area contributed by atoms with Crippen molar-refractivity contribution in [1.29, 1.82) is 0 Å². The van der Waals surface area contributed by atoms with E-state index >= 15 is 0 Å². The average molecular weight is 870 g/mol. The van der Waals surface area contributed by atoms with Crippen molar-refractivity contribution in [3.8, 4) is 0 Å². The fraction of sp³-hybridized carbons (Fsp3) is 0. The van der Waals surface area contributed by atoms with Crippen LogP contribution in [0.2, 0.25) is 0 Å². The van der Waals surface area contributed by atoms with E-state index in [0.717, 1.165) is 17.1 Å². The van der Waals surface area contributed by atoms with Crippen LogP contribution in [0.15, 0.2) is 188 Å². The zero-order chi connectivity index (χ0) is 40.9. The second kappa shape index (κ2) is 12.9. The Bertz CT molecular complexity index is 4180. The summed E-state index contributed by atoms with van der Waals surface area (Å²) in [4.78, 5) is 2.42. The van der Waals surface area contributed by atoms with Gasteiger partial charge in [-0.1, -0.05) is 78.9 Å². The van der Waals surface area contributed by atoms with E-state index in [2.05, 4.69) is 193 Å². The second-order valence-corrected chi connectivity index (χ2v) is 21.2. The Morgan fingerprint density at radius 3 is 0.921 bits per heavy atom. The summed E-state index contributed by atoms with van der Waals surface area (Å²) < 4.78 is 10.8. The lowest BCUT2D eigenvalue weighted by atomic mass is 10.00. The van der Waals surface area contributed by atoms with Gasteiger partial charge in [0.05, 0.1) is 0 Å². The average Bonchev–Trinajstić information content (AvgIpc) is 4.08. The number of anilines is 3. The molecule has 15 aromatic rings. The molecule has 63 heavy (non-hydrogen) atoms. The molecule has 15 rings (SSSR count). The first-order valence-electron chi connectivity index (χ1n) is 21.3. The van der Waals surface area contributed by atoms with Crippen molar-refractivity contribution in [3.63, 3.8) is 0 Å². The maximum Gasteiger partial charge on any atom is 0.0468 e. The summed E-state index contributed by atoms with van der Waals surface area (Å²) in [5.74, 6) is 0. The maximum atomic E-state index is 2.44. The van der Waals surface area contributed by atoms with Gasteiger partial charge in [-0.05, 0) is 152 Å². The molecule has 0 aliphatic carbocycles. The number of rotatable bonds is 3. The van der Waals surface area contributed by atoms with Crippen molar-refractivity contribution in [2.75, 3.05) is 4.90 Å². The van der Waals surface area contributed by atoms with Gasteiger partial charge in [-0.2, -0.15) is 0 Å². The van der Waals surface area contributed by atoms with E-state index in [-0.39, 0.29) is 0 Å². The second-order valence-electron chi connectivity index (χ2n) is 16.9. The van der Waals surface area contributed by atoms with Gasteiger partial charge in [0.1, 0.15) is 0 Å². The standard InChI is InChI=1S/C58H31NS4/c1-2-12-40(13-3-1)59(41-16-14-36-26-45-53(30-38(36)22-41)62-49-20-18-47-55(57(45)49)43-24-32-8-4-6-10-34(32)28-51(43)60-47)42-17-15-37-27-46-54(31-39(37)23-42)63-50-21-19-48-56(58(46)50)44-25-33-9-5-7-11-35(33)29-52(44)61-48/h1-31H. The molecule has 0 N–H and O–H groups in total. The summed E-state index contributed by atoms with van der Waals surface area (Å²) >= 11 is 7.64.